The fourth-order valence-electron chi connectivity index (χ4n) is 5.09. The van der Waals surface area contributed by atoms with Crippen LogP contribution in [0.5, 0.6) is 0 Å². The number of nitrogens with one attached hydrogen (secondary N) is 1. The van der Waals surface area contributed by atoms with E-state index in [-0.39, 0.29) is 28.5 Å². The molecule has 3 N–H and O–H groups in total. The van der Waals surface area contributed by atoms with Crippen molar-refractivity contribution in [1.29, 1.82) is 0 Å². The first-order chi connectivity index (χ1) is 20.6. The van der Waals surface area contributed by atoms with Crippen LogP contribution in [0.15, 0.2) is 48.9 Å². The minimum absolute atomic E-state index is 0.0428. The average molecular weight is 612 g/mol. The third-order valence-corrected chi connectivity index (χ3v) is 8.55. The Kier molecular flexibility index (Phi) is 7.60. The predicted molar refractivity (Wildman–Crippen MR) is 155 cm³/mol. The van der Waals surface area contributed by atoms with Gasteiger partial charge in [-0.1, -0.05) is 29.5 Å². The van der Waals surface area contributed by atoms with Gasteiger partial charge >= 0.3 is 6.18 Å². The Morgan fingerprint density at radius 3 is 2.63 bits per heavy atom. The average Bonchev–Trinajstić information content (AvgIpc) is 3.34. The van der Waals surface area contributed by atoms with E-state index in [0.717, 1.165) is 6.54 Å². The molecular weight excluding hydrogens is 583 g/mol. The van der Waals surface area contributed by atoms with E-state index in [1.165, 1.54) is 31.3 Å². The molecule has 1 aromatic carbocycles. The van der Waals surface area contributed by atoms with Gasteiger partial charge in [0, 0.05) is 42.9 Å². The number of hydrogen-bond acceptors (Lipinski definition) is 9. The van der Waals surface area contributed by atoms with Crippen molar-refractivity contribution >= 4 is 45.1 Å². The zero-order valence-electron chi connectivity index (χ0n) is 23.1. The van der Waals surface area contributed by atoms with Crippen LogP contribution in [0, 0.1) is 0 Å². The summed E-state index contributed by atoms with van der Waals surface area (Å²) in [5.41, 5.74) is 8.17. The standard InChI is InChI=1S/C28H28F3N9O2S/c1-38(18-8-9-18)11-2-3-21(41)39-12-10-19(14-39)40-25-22(24(32)34-15-35-25)23(37-40)16-4-6-17(7-5-16)26(42)36-27-33-13-20(43-27)28(29,30)31/h2-7,13,15,18-19H,8-12,14H2,1H3,(H2,32,34,35)(H,33,36,42)/t19-/m1/s1. The van der Waals surface area contributed by atoms with Gasteiger partial charge in [0.25, 0.3) is 5.91 Å². The van der Waals surface area contributed by atoms with Crippen LogP contribution in [-0.2, 0) is 11.0 Å². The van der Waals surface area contributed by atoms with E-state index in [1.807, 2.05) is 6.08 Å². The molecule has 2 aliphatic rings. The number of likely N-dealkylation sites (N-methyl/N-ethyl adjacent to an activating group) is 1. The zero-order chi connectivity index (χ0) is 30.3. The molecule has 11 nitrogen and oxygen atoms in total. The number of nitrogen functional groups attached to an aromatic ring is 1. The quantitative estimate of drug-likeness (QED) is 0.283. The second-order valence-corrected chi connectivity index (χ2v) is 11.6. The Bertz CT molecular complexity index is 1700. The number of carbonyl (C=O) groups excluding carboxylic acids is 2. The first-order valence-electron chi connectivity index (χ1n) is 13.7. The van der Waals surface area contributed by atoms with Crippen LogP contribution in [0.3, 0.4) is 0 Å². The summed E-state index contributed by atoms with van der Waals surface area (Å²) in [5, 5.41) is 7.63. The van der Waals surface area contributed by atoms with Gasteiger partial charge in [-0.2, -0.15) is 18.3 Å². The summed E-state index contributed by atoms with van der Waals surface area (Å²) in [6.07, 6.45) is 4.17. The highest BCUT2D eigenvalue weighted by molar-refractivity contribution is 7.15. The maximum atomic E-state index is 12.9. The van der Waals surface area contributed by atoms with Crippen LogP contribution in [0.4, 0.5) is 24.1 Å². The molecule has 0 spiro atoms. The lowest BCUT2D eigenvalue weighted by Crippen LogP contribution is -2.28. The monoisotopic (exact) mass is 611 g/mol. The summed E-state index contributed by atoms with van der Waals surface area (Å²) >= 11 is 0.352. The van der Waals surface area contributed by atoms with Crippen molar-refractivity contribution in [1.82, 2.24) is 34.5 Å². The predicted octanol–water partition coefficient (Wildman–Crippen LogP) is 4.23. The third-order valence-electron chi connectivity index (χ3n) is 7.59. The molecule has 1 aliphatic heterocycles. The lowest BCUT2D eigenvalue weighted by atomic mass is 10.1. The zero-order valence-corrected chi connectivity index (χ0v) is 23.9. The maximum absolute atomic E-state index is 12.9. The van der Waals surface area contributed by atoms with Gasteiger partial charge in [0.15, 0.2) is 10.8 Å². The first kappa shape index (κ1) is 28.7. The van der Waals surface area contributed by atoms with E-state index in [1.54, 1.807) is 27.8 Å². The molecule has 4 heterocycles. The molecule has 2 fully saturated rings. The first-order valence-corrected chi connectivity index (χ1v) is 14.5. The topological polar surface area (TPSA) is 135 Å². The highest BCUT2D eigenvalue weighted by Gasteiger charge is 2.34. The largest absolute Gasteiger partial charge is 0.427 e. The van der Waals surface area contributed by atoms with Crippen molar-refractivity contribution in [3.8, 4) is 11.3 Å². The number of amides is 2. The molecule has 1 atom stereocenters. The minimum Gasteiger partial charge on any atom is -0.383 e. The van der Waals surface area contributed by atoms with Gasteiger partial charge in [-0.25, -0.2) is 19.6 Å². The second kappa shape index (κ2) is 11.4. The van der Waals surface area contributed by atoms with Crippen LogP contribution >= 0.6 is 11.3 Å². The molecule has 4 aromatic rings. The van der Waals surface area contributed by atoms with Crippen LogP contribution in [0.25, 0.3) is 22.3 Å². The Morgan fingerprint density at radius 2 is 1.93 bits per heavy atom. The van der Waals surface area contributed by atoms with Crippen LogP contribution in [-0.4, -0.2) is 79.1 Å². The van der Waals surface area contributed by atoms with Gasteiger partial charge in [-0.05, 0) is 38.4 Å². The summed E-state index contributed by atoms with van der Waals surface area (Å²) in [6.45, 7) is 1.78. The molecule has 3 aromatic heterocycles. The van der Waals surface area contributed by atoms with Crippen molar-refractivity contribution in [3.63, 3.8) is 0 Å². The molecule has 1 saturated carbocycles. The molecule has 224 valence electrons. The summed E-state index contributed by atoms with van der Waals surface area (Å²) < 4.78 is 40.4. The van der Waals surface area contributed by atoms with Gasteiger partial charge < -0.3 is 10.6 Å². The van der Waals surface area contributed by atoms with Gasteiger partial charge in [-0.3, -0.25) is 19.8 Å². The molecular formula is C28H28F3N9O2S. The van der Waals surface area contributed by atoms with Crippen LogP contribution in [0.2, 0.25) is 0 Å². The van der Waals surface area contributed by atoms with Gasteiger partial charge in [0.2, 0.25) is 5.91 Å². The number of rotatable bonds is 8. The lowest BCUT2D eigenvalue weighted by Gasteiger charge is -2.16. The van der Waals surface area contributed by atoms with Gasteiger partial charge in [0.1, 0.15) is 22.7 Å². The smallest absolute Gasteiger partial charge is 0.383 e. The maximum Gasteiger partial charge on any atom is 0.427 e. The minimum atomic E-state index is -4.53. The fourth-order valence-corrected chi connectivity index (χ4v) is 5.77. The third kappa shape index (κ3) is 6.08. The Balaban J connectivity index is 1.18. The van der Waals surface area contributed by atoms with E-state index < -0.39 is 17.0 Å². The molecule has 6 rings (SSSR count). The summed E-state index contributed by atoms with van der Waals surface area (Å²) in [4.78, 5) is 40.9. The highest BCUT2D eigenvalue weighted by Crippen LogP contribution is 2.36. The summed E-state index contributed by atoms with van der Waals surface area (Å²) in [5.74, 6) is -0.401. The molecule has 1 saturated heterocycles. The number of carbonyl (C=O) groups is 2. The van der Waals surface area contributed by atoms with E-state index in [4.69, 9.17) is 10.8 Å². The number of aromatic nitrogens is 5. The fraction of sp³-hybridized carbons (Fsp3) is 0.357. The summed E-state index contributed by atoms with van der Waals surface area (Å²) in [7, 11) is 2.06. The van der Waals surface area contributed by atoms with E-state index in [9.17, 15) is 22.8 Å². The van der Waals surface area contributed by atoms with Crippen molar-refractivity contribution < 1.29 is 22.8 Å². The molecule has 43 heavy (non-hydrogen) atoms. The molecule has 0 unspecified atom stereocenters. The van der Waals surface area contributed by atoms with Crippen molar-refractivity contribution in [3.05, 3.63) is 59.4 Å². The normalized spacial score (nSPS) is 17.4. The Morgan fingerprint density at radius 1 is 1.16 bits per heavy atom. The number of anilines is 2. The van der Waals surface area contributed by atoms with Gasteiger partial charge in [-0.15, -0.1) is 0 Å². The Hall–Kier alpha value is -4.37. The highest BCUT2D eigenvalue weighted by atomic mass is 32.1. The summed E-state index contributed by atoms with van der Waals surface area (Å²) in [6, 6.07) is 6.92. The van der Waals surface area contributed by atoms with Crippen LogP contribution in [0.1, 0.15) is 40.5 Å². The SMILES string of the molecule is CN(CC=CC(=O)N1CC[C@@H](n2nc(-c3ccc(C(=O)Nc4ncc(C(F)(F)F)s4)cc3)c3c(N)ncnc32)C1)C1CC1. The number of benzene rings is 1. The number of nitrogens with zero attached hydrogens (tertiary/aromatic N) is 7. The number of nitrogens with two attached hydrogens (primary N) is 1. The molecule has 15 heteroatoms. The van der Waals surface area contributed by atoms with Crippen molar-refractivity contribution in [2.75, 3.05) is 37.7 Å². The lowest BCUT2D eigenvalue weighted by molar-refractivity contribution is -0.134. The van der Waals surface area contributed by atoms with E-state index >= 15 is 0 Å². The van der Waals surface area contributed by atoms with Crippen molar-refractivity contribution in [2.24, 2.45) is 0 Å². The number of likely N-dealkylation sites (tertiary alicyclic amines) is 1. The van der Waals surface area contributed by atoms with Crippen molar-refractivity contribution in [2.45, 2.75) is 37.5 Å². The molecule has 2 amide bonds. The van der Waals surface area contributed by atoms with Gasteiger partial charge in [0.05, 0.1) is 17.6 Å². The second-order valence-electron chi connectivity index (χ2n) is 10.6. The molecule has 1 aliphatic carbocycles. The Labute approximate surface area is 248 Å². The van der Waals surface area contributed by atoms with Crippen LogP contribution < -0.4 is 11.1 Å². The molecule has 0 radical (unpaired) electrons. The number of fused-ring (bicyclic) bond motifs is 1. The van der Waals surface area contributed by atoms with E-state index in [0.29, 0.717) is 65.4 Å². The number of thiazole rings is 1. The number of alkyl halides is 3. The number of hydrogen-bond donors (Lipinski definition) is 2. The number of halogens is 3. The van der Waals surface area contributed by atoms with E-state index in [2.05, 4.69) is 32.2 Å². The molecule has 0 bridgehead atoms.